The number of anilines is 2. The number of ether oxygens (including phenoxy) is 1. The van der Waals surface area contributed by atoms with Gasteiger partial charge in [0.05, 0.1) is 28.9 Å². The quantitative estimate of drug-likeness (QED) is 0.426. The highest BCUT2D eigenvalue weighted by molar-refractivity contribution is 7.92. The molecular weight excluding hydrogens is 485 g/mol. The Morgan fingerprint density at radius 1 is 0.972 bits per heavy atom. The van der Waals surface area contributed by atoms with Crippen molar-refractivity contribution >= 4 is 33.2 Å². The Kier molecular flexibility index (Phi) is 8.65. The molecule has 0 saturated heterocycles. The number of hydrogen-bond donors (Lipinski definition) is 2. The van der Waals surface area contributed by atoms with E-state index in [-0.39, 0.29) is 33.7 Å². The van der Waals surface area contributed by atoms with Gasteiger partial charge in [-0.2, -0.15) is 0 Å². The lowest BCUT2D eigenvalue weighted by atomic mass is 10.1. The standard InChI is InChI=1S/C26H28FN3O5S/c1-18(2)16-28-26(32)23-6-4-5-7-24(23)29-25(31)17-30(20-10-8-19(27)9-11-20)36(33,34)22-14-12-21(35-3)13-15-22/h4-15,18H,16-17H2,1-3H3,(H,28,32)(H,29,31). The van der Waals surface area contributed by atoms with Crippen LogP contribution in [0.3, 0.4) is 0 Å². The number of amides is 2. The first kappa shape index (κ1) is 26.7. The van der Waals surface area contributed by atoms with E-state index in [9.17, 15) is 22.4 Å². The summed E-state index contributed by atoms with van der Waals surface area (Å²) in [6, 6.07) is 16.9. The van der Waals surface area contributed by atoms with Gasteiger partial charge in [0, 0.05) is 6.54 Å². The minimum atomic E-state index is -4.21. The van der Waals surface area contributed by atoms with Crippen LogP contribution in [0.2, 0.25) is 0 Å². The Morgan fingerprint density at radius 2 is 1.61 bits per heavy atom. The second kappa shape index (κ2) is 11.7. The number of carbonyl (C=O) groups is 2. The predicted molar refractivity (Wildman–Crippen MR) is 136 cm³/mol. The van der Waals surface area contributed by atoms with Crippen molar-refractivity contribution in [2.24, 2.45) is 5.92 Å². The number of rotatable bonds is 10. The van der Waals surface area contributed by atoms with Crippen molar-refractivity contribution in [3.63, 3.8) is 0 Å². The third-order valence-corrected chi connectivity index (χ3v) is 6.95. The molecule has 0 aliphatic carbocycles. The van der Waals surface area contributed by atoms with Gasteiger partial charge in [-0.05, 0) is 66.6 Å². The largest absolute Gasteiger partial charge is 0.497 e. The van der Waals surface area contributed by atoms with Crippen LogP contribution in [0.4, 0.5) is 15.8 Å². The van der Waals surface area contributed by atoms with Gasteiger partial charge >= 0.3 is 0 Å². The molecule has 8 nitrogen and oxygen atoms in total. The number of sulfonamides is 1. The van der Waals surface area contributed by atoms with Crippen LogP contribution in [-0.4, -0.2) is 40.4 Å². The Morgan fingerprint density at radius 3 is 2.22 bits per heavy atom. The van der Waals surface area contributed by atoms with E-state index in [2.05, 4.69) is 10.6 Å². The summed E-state index contributed by atoms with van der Waals surface area (Å²) in [6.45, 7) is 3.77. The fourth-order valence-electron chi connectivity index (χ4n) is 3.30. The molecule has 0 spiro atoms. The van der Waals surface area contributed by atoms with Crippen molar-refractivity contribution in [3.05, 3.63) is 84.2 Å². The molecule has 2 amide bonds. The maximum Gasteiger partial charge on any atom is 0.264 e. The predicted octanol–water partition coefficient (Wildman–Crippen LogP) is 4.05. The molecule has 0 radical (unpaired) electrons. The smallest absolute Gasteiger partial charge is 0.264 e. The van der Waals surface area contributed by atoms with Crippen molar-refractivity contribution < 1.29 is 27.1 Å². The second-order valence-corrected chi connectivity index (χ2v) is 10.2. The normalized spacial score (nSPS) is 11.1. The minimum absolute atomic E-state index is 0.0751. The van der Waals surface area contributed by atoms with Gasteiger partial charge in [-0.15, -0.1) is 0 Å². The number of hydrogen-bond acceptors (Lipinski definition) is 5. The van der Waals surface area contributed by atoms with Crippen LogP contribution < -0.4 is 19.7 Å². The molecule has 0 aliphatic heterocycles. The van der Waals surface area contributed by atoms with Crippen LogP contribution in [0.1, 0.15) is 24.2 Å². The van der Waals surface area contributed by atoms with Gasteiger partial charge in [-0.25, -0.2) is 12.8 Å². The molecule has 0 atom stereocenters. The topological polar surface area (TPSA) is 105 Å². The average molecular weight is 514 g/mol. The van der Waals surface area contributed by atoms with Gasteiger partial charge in [0.25, 0.3) is 15.9 Å². The van der Waals surface area contributed by atoms with Crippen molar-refractivity contribution in [3.8, 4) is 5.75 Å². The van der Waals surface area contributed by atoms with E-state index in [0.717, 1.165) is 16.4 Å². The van der Waals surface area contributed by atoms with E-state index in [1.807, 2.05) is 13.8 Å². The highest BCUT2D eigenvalue weighted by Gasteiger charge is 2.28. The van der Waals surface area contributed by atoms with Gasteiger partial charge in [0.15, 0.2) is 0 Å². The lowest BCUT2D eigenvalue weighted by molar-refractivity contribution is -0.114. The van der Waals surface area contributed by atoms with Crippen LogP contribution in [0.25, 0.3) is 0 Å². The van der Waals surface area contributed by atoms with E-state index in [4.69, 9.17) is 4.74 Å². The number of methoxy groups -OCH3 is 1. The van der Waals surface area contributed by atoms with Crippen molar-refractivity contribution in [1.29, 1.82) is 0 Å². The lowest BCUT2D eigenvalue weighted by Crippen LogP contribution is -2.38. The Labute approximate surface area is 210 Å². The van der Waals surface area contributed by atoms with Gasteiger partial charge in [0.1, 0.15) is 18.1 Å². The van der Waals surface area contributed by atoms with Crippen LogP contribution in [0.5, 0.6) is 5.75 Å². The van der Waals surface area contributed by atoms with Gasteiger partial charge < -0.3 is 15.4 Å². The molecule has 10 heteroatoms. The Hall–Kier alpha value is -3.92. The molecule has 0 unspecified atom stereocenters. The molecule has 2 N–H and O–H groups in total. The summed E-state index contributed by atoms with van der Waals surface area (Å²) >= 11 is 0. The molecular formula is C26H28FN3O5S. The molecule has 0 saturated carbocycles. The fraction of sp³-hybridized carbons (Fsp3) is 0.231. The third kappa shape index (κ3) is 6.60. The summed E-state index contributed by atoms with van der Waals surface area (Å²) in [6.07, 6.45) is 0. The van der Waals surface area contributed by atoms with Gasteiger partial charge in [0.2, 0.25) is 5.91 Å². The number of benzene rings is 3. The van der Waals surface area contributed by atoms with Gasteiger partial charge in [-0.3, -0.25) is 13.9 Å². The van der Waals surface area contributed by atoms with Crippen molar-refractivity contribution in [2.45, 2.75) is 18.7 Å². The summed E-state index contributed by atoms with van der Waals surface area (Å²) in [5.74, 6) is -0.886. The highest BCUT2D eigenvalue weighted by atomic mass is 32.2. The number of nitrogens with one attached hydrogen (secondary N) is 2. The molecule has 0 fully saturated rings. The summed E-state index contributed by atoms with van der Waals surface area (Å²) < 4.78 is 46.5. The summed E-state index contributed by atoms with van der Waals surface area (Å²) in [5.41, 5.74) is 0.591. The maximum absolute atomic E-state index is 13.5. The molecule has 0 heterocycles. The van der Waals surface area contributed by atoms with E-state index in [1.165, 1.54) is 43.5 Å². The monoisotopic (exact) mass is 513 g/mol. The lowest BCUT2D eigenvalue weighted by Gasteiger charge is -2.24. The second-order valence-electron chi connectivity index (χ2n) is 8.36. The molecule has 36 heavy (non-hydrogen) atoms. The summed E-state index contributed by atoms with van der Waals surface area (Å²) in [5, 5.41) is 5.43. The summed E-state index contributed by atoms with van der Waals surface area (Å²) in [4.78, 5) is 25.6. The number of para-hydroxylation sites is 1. The van der Waals surface area contributed by atoms with Crippen LogP contribution in [-0.2, 0) is 14.8 Å². The van der Waals surface area contributed by atoms with E-state index in [1.54, 1.807) is 24.3 Å². The SMILES string of the molecule is COc1ccc(S(=O)(=O)N(CC(=O)Nc2ccccc2C(=O)NCC(C)C)c2ccc(F)cc2)cc1. The first-order valence-corrected chi connectivity index (χ1v) is 12.6. The maximum atomic E-state index is 13.5. The Balaban J connectivity index is 1.89. The molecule has 3 aromatic rings. The van der Waals surface area contributed by atoms with E-state index < -0.39 is 28.3 Å². The van der Waals surface area contributed by atoms with Crippen LogP contribution >= 0.6 is 0 Å². The molecule has 3 aromatic carbocycles. The van der Waals surface area contributed by atoms with Gasteiger partial charge in [-0.1, -0.05) is 26.0 Å². The average Bonchev–Trinajstić information content (AvgIpc) is 2.86. The van der Waals surface area contributed by atoms with Crippen molar-refractivity contribution in [1.82, 2.24) is 5.32 Å². The summed E-state index contributed by atoms with van der Waals surface area (Å²) in [7, 11) is -2.75. The minimum Gasteiger partial charge on any atom is -0.497 e. The fourth-order valence-corrected chi connectivity index (χ4v) is 4.72. The third-order valence-electron chi connectivity index (χ3n) is 5.17. The van der Waals surface area contributed by atoms with E-state index in [0.29, 0.717) is 12.3 Å². The molecule has 0 bridgehead atoms. The first-order valence-electron chi connectivity index (χ1n) is 11.2. The Bertz CT molecular complexity index is 1310. The molecule has 3 rings (SSSR count). The van der Waals surface area contributed by atoms with Crippen LogP contribution in [0.15, 0.2) is 77.7 Å². The first-order chi connectivity index (χ1) is 17.1. The highest BCUT2D eigenvalue weighted by Crippen LogP contribution is 2.26. The molecule has 0 aromatic heterocycles. The number of carbonyl (C=O) groups excluding carboxylic acids is 2. The zero-order chi connectivity index (χ0) is 26.3. The van der Waals surface area contributed by atoms with Crippen LogP contribution in [0, 0.1) is 11.7 Å². The zero-order valence-electron chi connectivity index (χ0n) is 20.2. The number of nitrogens with zero attached hydrogens (tertiary/aromatic N) is 1. The van der Waals surface area contributed by atoms with Crippen molar-refractivity contribution in [2.75, 3.05) is 29.8 Å². The van der Waals surface area contributed by atoms with E-state index >= 15 is 0 Å². The number of halogens is 1. The molecule has 190 valence electrons. The molecule has 0 aliphatic rings. The zero-order valence-corrected chi connectivity index (χ0v) is 21.0.